The van der Waals surface area contributed by atoms with E-state index >= 15 is 0 Å². The third kappa shape index (κ3) is 6.50. The molecule has 0 bridgehead atoms. The third-order valence-corrected chi connectivity index (χ3v) is 17.2. The molecule has 0 aliphatic carbocycles. The summed E-state index contributed by atoms with van der Waals surface area (Å²) in [6, 6.07) is 96.3. The molecule has 0 N–H and O–H groups in total. The second kappa shape index (κ2) is 17.4. The molecule has 366 valence electrons. The maximum atomic E-state index is 2.54. The smallest absolute Gasteiger partial charge is 0.0571 e. The number of nitrogens with zero attached hydrogens (tertiary/aromatic N) is 2. The Balaban J connectivity index is 1.09. The van der Waals surface area contributed by atoms with Gasteiger partial charge in [0.15, 0.2) is 0 Å². The summed E-state index contributed by atoms with van der Waals surface area (Å²) < 4.78 is 5.05. The lowest BCUT2D eigenvalue weighted by molar-refractivity contribution is 0.828. The maximum absolute atomic E-state index is 2.54. The van der Waals surface area contributed by atoms with Crippen molar-refractivity contribution in [1.29, 1.82) is 0 Å². The summed E-state index contributed by atoms with van der Waals surface area (Å²) in [5, 5.41) is 20.0. The van der Waals surface area contributed by atoms with Gasteiger partial charge in [-0.3, -0.25) is 0 Å². The number of aryl methyl sites for hydroxylation is 2. The first-order valence-electron chi connectivity index (χ1n) is 27.6. The number of fused-ring (bicyclic) bond motifs is 12. The third-order valence-electron chi connectivity index (χ3n) is 17.2. The standard InChI is InChI=1S/C76H52N2/c1-3-77-71-37-11-9-23-57(71)65-35-17-33-63(75(65)77)55-27-15-31-61-69(55)46-70-56(64-34-18-36-66-58-24-10-12-38-72(58)78(4-2)76(64)66)28-16-32-62(70)74(61)73-59-29-13-25-53(51-41-39-47-19-5-7-21-49(47)43-51)67(59)45-68-54(26-14-30-60(68)73)52-42-40-48-20-6-8-22-50(48)44-52/h5-46H,3-4H2,1-2H3. The van der Waals surface area contributed by atoms with Crippen molar-refractivity contribution in [2.45, 2.75) is 26.9 Å². The molecule has 0 spiro atoms. The summed E-state index contributed by atoms with van der Waals surface area (Å²) in [5.74, 6) is 0. The van der Waals surface area contributed by atoms with Crippen LogP contribution in [-0.4, -0.2) is 9.13 Å². The molecule has 2 aromatic heterocycles. The largest absolute Gasteiger partial charge is 0.340 e. The van der Waals surface area contributed by atoms with Crippen LogP contribution in [0.5, 0.6) is 0 Å². The molecule has 0 saturated carbocycles. The number of hydrogen-bond donors (Lipinski definition) is 0. The van der Waals surface area contributed by atoms with E-state index in [1.54, 1.807) is 0 Å². The van der Waals surface area contributed by atoms with Crippen LogP contribution in [0.25, 0.3) is 164 Å². The van der Waals surface area contributed by atoms with Crippen LogP contribution in [-0.2, 0) is 13.1 Å². The van der Waals surface area contributed by atoms with Crippen molar-refractivity contribution in [3.05, 3.63) is 255 Å². The average molecular weight is 993 g/mol. The maximum Gasteiger partial charge on any atom is 0.0571 e. The highest BCUT2D eigenvalue weighted by Gasteiger charge is 2.25. The molecule has 14 aromatic carbocycles. The fraction of sp³-hybridized carbons (Fsp3) is 0.0526. The molecule has 2 heterocycles. The number of rotatable bonds is 7. The van der Waals surface area contributed by atoms with E-state index in [4.69, 9.17) is 0 Å². The van der Waals surface area contributed by atoms with Gasteiger partial charge in [0.2, 0.25) is 0 Å². The van der Waals surface area contributed by atoms with Crippen molar-refractivity contribution in [2.75, 3.05) is 0 Å². The molecular weight excluding hydrogens is 941 g/mol. The molecule has 0 aliphatic rings. The summed E-state index contributed by atoms with van der Waals surface area (Å²) in [6.07, 6.45) is 0. The Labute approximate surface area is 452 Å². The van der Waals surface area contributed by atoms with Crippen molar-refractivity contribution in [1.82, 2.24) is 9.13 Å². The number of benzene rings is 14. The average Bonchev–Trinajstić information content (AvgIpc) is 4.09. The van der Waals surface area contributed by atoms with E-state index in [0.29, 0.717) is 0 Å². The number of para-hydroxylation sites is 4. The van der Waals surface area contributed by atoms with Crippen LogP contribution >= 0.6 is 0 Å². The molecule has 16 rings (SSSR count). The van der Waals surface area contributed by atoms with E-state index in [-0.39, 0.29) is 0 Å². The van der Waals surface area contributed by atoms with Crippen LogP contribution in [0.2, 0.25) is 0 Å². The first-order valence-corrected chi connectivity index (χ1v) is 27.6. The lowest BCUT2D eigenvalue weighted by atomic mass is 9.81. The van der Waals surface area contributed by atoms with E-state index in [1.165, 1.54) is 164 Å². The second-order valence-corrected chi connectivity index (χ2v) is 21.2. The minimum atomic E-state index is 0.862. The van der Waals surface area contributed by atoms with Crippen LogP contribution in [0.15, 0.2) is 255 Å². The molecular formula is C76H52N2. The van der Waals surface area contributed by atoms with Crippen molar-refractivity contribution in [3.63, 3.8) is 0 Å². The van der Waals surface area contributed by atoms with Gasteiger partial charge in [-0.15, -0.1) is 0 Å². The lowest BCUT2D eigenvalue weighted by Crippen LogP contribution is -1.97. The molecule has 0 radical (unpaired) electrons. The highest BCUT2D eigenvalue weighted by Crippen LogP contribution is 2.51. The van der Waals surface area contributed by atoms with Gasteiger partial charge in [0, 0.05) is 56.8 Å². The Kier molecular flexibility index (Phi) is 9.93. The fourth-order valence-electron chi connectivity index (χ4n) is 13.9. The molecule has 0 saturated heterocycles. The van der Waals surface area contributed by atoms with Crippen molar-refractivity contribution < 1.29 is 0 Å². The van der Waals surface area contributed by atoms with Gasteiger partial charge in [-0.1, -0.05) is 218 Å². The first-order chi connectivity index (χ1) is 38.6. The zero-order valence-corrected chi connectivity index (χ0v) is 43.6. The molecule has 0 aliphatic heterocycles. The van der Waals surface area contributed by atoms with Crippen molar-refractivity contribution in [3.8, 4) is 55.6 Å². The summed E-state index contributed by atoms with van der Waals surface area (Å²) in [5.41, 5.74) is 17.4. The van der Waals surface area contributed by atoms with Crippen molar-refractivity contribution in [2.24, 2.45) is 0 Å². The quantitative estimate of drug-likeness (QED) is 0.141. The summed E-state index contributed by atoms with van der Waals surface area (Å²) in [7, 11) is 0. The van der Waals surface area contributed by atoms with Gasteiger partial charge >= 0.3 is 0 Å². The van der Waals surface area contributed by atoms with E-state index in [0.717, 1.165) is 13.1 Å². The molecule has 0 atom stereocenters. The van der Waals surface area contributed by atoms with E-state index in [2.05, 4.69) is 278 Å². The molecule has 78 heavy (non-hydrogen) atoms. The minimum absolute atomic E-state index is 0.862. The predicted molar refractivity (Wildman–Crippen MR) is 336 cm³/mol. The van der Waals surface area contributed by atoms with Gasteiger partial charge in [0.1, 0.15) is 0 Å². The SMILES string of the molecule is CCn1c2ccccc2c2cccc(-c3cccc4c(-c5c6cccc(-c7ccc8ccccc8c7)c6cc6c(-c7ccc8ccccc8c7)cccc56)c5cccc(-c6cccc7c8ccccc8n(CC)c67)c5cc34)c21. The van der Waals surface area contributed by atoms with Gasteiger partial charge in [-0.05, 0) is 159 Å². The van der Waals surface area contributed by atoms with Gasteiger partial charge < -0.3 is 9.13 Å². The highest BCUT2D eigenvalue weighted by atomic mass is 15.0. The second-order valence-electron chi connectivity index (χ2n) is 21.2. The van der Waals surface area contributed by atoms with Crippen LogP contribution in [0.1, 0.15) is 13.8 Å². The summed E-state index contributed by atoms with van der Waals surface area (Å²) in [4.78, 5) is 0. The van der Waals surface area contributed by atoms with E-state index in [9.17, 15) is 0 Å². The zero-order valence-electron chi connectivity index (χ0n) is 43.6. The van der Waals surface area contributed by atoms with E-state index in [1.807, 2.05) is 0 Å². The molecule has 2 nitrogen and oxygen atoms in total. The summed E-state index contributed by atoms with van der Waals surface area (Å²) in [6.45, 7) is 6.29. The summed E-state index contributed by atoms with van der Waals surface area (Å²) >= 11 is 0. The van der Waals surface area contributed by atoms with Crippen LogP contribution in [0.4, 0.5) is 0 Å². The van der Waals surface area contributed by atoms with Gasteiger partial charge in [-0.2, -0.15) is 0 Å². The lowest BCUT2D eigenvalue weighted by Gasteiger charge is -2.22. The highest BCUT2D eigenvalue weighted by molar-refractivity contribution is 6.29. The fourth-order valence-corrected chi connectivity index (χ4v) is 13.9. The Morgan fingerprint density at radius 1 is 0.231 bits per heavy atom. The Hall–Kier alpha value is -9.76. The van der Waals surface area contributed by atoms with E-state index < -0.39 is 0 Å². The Bertz CT molecular complexity index is 4860. The van der Waals surface area contributed by atoms with Gasteiger partial charge in [0.25, 0.3) is 0 Å². The Morgan fingerprint density at radius 2 is 0.551 bits per heavy atom. The number of aromatic nitrogens is 2. The van der Waals surface area contributed by atoms with Crippen molar-refractivity contribution >= 4 is 108 Å². The zero-order chi connectivity index (χ0) is 51.6. The van der Waals surface area contributed by atoms with Crippen LogP contribution in [0, 0.1) is 0 Å². The predicted octanol–water partition coefficient (Wildman–Crippen LogP) is 21.2. The van der Waals surface area contributed by atoms with Gasteiger partial charge in [-0.25, -0.2) is 0 Å². The molecule has 16 aromatic rings. The molecule has 2 heteroatoms. The molecule has 0 fully saturated rings. The Morgan fingerprint density at radius 3 is 0.962 bits per heavy atom. The first kappa shape index (κ1) is 44.5. The van der Waals surface area contributed by atoms with Gasteiger partial charge in [0.05, 0.1) is 11.0 Å². The molecule has 0 unspecified atom stereocenters. The normalized spacial score (nSPS) is 12.1. The number of hydrogen-bond acceptors (Lipinski definition) is 0. The topological polar surface area (TPSA) is 9.86 Å². The minimum Gasteiger partial charge on any atom is -0.340 e. The monoisotopic (exact) mass is 992 g/mol. The molecule has 0 amide bonds. The van der Waals surface area contributed by atoms with Crippen LogP contribution < -0.4 is 0 Å². The van der Waals surface area contributed by atoms with Crippen LogP contribution in [0.3, 0.4) is 0 Å².